The highest BCUT2D eigenvalue weighted by Gasteiger charge is 2.36. The van der Waals surface area contributed by atoms with Gasteiger partial charge in [-0.1, -0.05) is 18.2 Å². The molecule has 0 bridgehead atoms. The summed E-state index contributed by atoms with van der Waals surface area (Å²) in [7, 11) is 0. The molecule has 0 unspecified atom stereocenters. The van der Waals surface area contributed by atoms with Crippen molar-refractivity contribution in [2.75, 3.05) is 0 Å². The van der Waals surface area contributed by atoms with E-state index in [9.17, 15) is 18.0 Å². The number of benzene rings is 1. The van der Waals surface area contributed by atoms with Crippen LogP contribution in [0.2, 0.25) is 0 Å². The molecule has 0 fully saturated rings. The van der Waals surface area contributed by atoms with E-state index in [2.05, 4.69) is 0 Å². The van der Waals surface area contributed by atoms with Gasteiger partial charge in [-0.3, -0.25) is 0 Å². The van der Waals surface area contributed by atoms with Gasteiger partial charge < -0.3 is 9.84 Å². The minimum Gasteiger partial charge on any atom is -0.475 e. The summed E-state index contributed by atoms with van der Waals surface area (Å²) in [6.07, 6.45) is -4.73. The lowest BCUT2D eigenvalue weighted by molar-refractivity contribution is -0.137. The molecule has 0 saturated heterocycles. The SMILES string of the molecule is C/C(=C(\Oc1ccccc1)C(=O)O)C(F)(F)F. The van der Waals surface area contributed by atoms with Crippen molar-refractivity contribution in [2.24, 2.45) is 0 Å². The number of aliphatic carboxylic acids is 1. The summed E-state index contributed by atoms with van der Waals surface area (Å²) >= 11 is 0. The predicted molar refractivity (Wildman–Crippen MR) is 53.5 cm³/mol. The fourth-order valence-electron chi connectivity index (χ4n) is 1.02. The summed E-state index contributed by atoms with van der Waals surface area (Å²) in [5, 5.41) is 8.69. The first kappa shape index (κ1) is 13.1. The van der Waals surface area contributed by atoms with Gasteiger partial charge in [-0.15, -0.1) is 0 Å². The third kappa shape index (κ3) is 3.51. The molecule has 0 aliphatic carbocycles. The first-order valence-electron chi connectivity index (χ1n) is 4.56. The molecular weight excluding hydrogens is 237 g/mol. The molecular formula is C11H9F3O3. The van der Waals surface area contributed by atoms with Gasteiger partial charge in [0, 0.05) is 0 Å². The Hall–Kier alpha value is -1.98. The van der Waals surface area contributed by atoms with Crippen molar-refractivity contribution in [3.63, 3.8) is 0 Å². The van der Waals surface area contributed by atoms with E-state index >= 15 is 0 Å². The van der Waals surface area contributed by atoms with Crippen molar-refractivity contribution in [2.45, 2.75) is 13.1 Å². The van der Waals surface area contributed by atoms with Crippen LogP contribution in [0, 0.1) is 0 Å². The maximum Gasteiger partial charge on any atom is 0.416 e. The fourth-order valence-corrected chi connectivity index (χ4v) is 1.02. The Kier molecular flexibility index (Phi) is 3.77. The van der Waals surface area contributed by atoms with Gasteiger partial charge in [0.25, 0.3) is 0 Å². The van der Waals surface area contributed by atoms with Crippen LogP contribution in [-0.4, -0.2) is 17.3 Å². The highest BCUT2D eigenvalue weighted by Crippen LogP contribution is 2.29. The normalized spacial score (nSPS) is 12.9. The molecule has 0 atom stereocenters. The summed E-state index contributed by atoms with van der Waals surface area (Å²) in [5.41, 5.74) is -1.28. The zero-order valence-electron chi connectivity index (χ0n) is 8.78. The van der Waals surface area contributed by atoms with Crippen LogP contribution in [0.5, 0.6) is 5.75 Å². The Balaban J connectivity index is 3.09. The Bertz CT molecular complexity index is 435. The molecule has 6 heteroatoms. The van der Waals surface area contributed by atoms with E-state index < -0.39 is 23.5 Å². The highest BCUT2D eigenvalue weighted by molar-refractivity contribution is 5.86. The van der Waals surface area contributed by atoms with E-state index in [0.29, 0.717) is 6.92 Å². The zero-order valence-corrected chi connectivity index (χ0v) is 8.78. The van der Waals surface area contributed by atoms with E-state index in [4.69, 9.17) is 9.84 Å². The highest BCUT2D eigenvalue weighted by atomic mass is 19.4. The van der Waals surface area contributed by atoms with Crippen LogP contribution >= 0.6 is 0 Å². The molecule has 0 aromatic heterocycles. The summed E-state index contributed by atoms with van der Waals surface area (Å²) in [6, 6.07) is 7.42. The monoisotopic (exact) mass is 246 g/mol. The van der Waals surface area contributed by atoms with Crippen LogP contribution in [0.15, 0.2) is 41.7 Å². The van der Waals surface area contributed by atoms with Gasteiger partial charge >= 0.3 is 12.1 Å². The first-order valence-corrected chi connectivity index (χ1v) is 4.56. The topological polar surface area (TPSA) is 46.5 Å². The van der Waals surface area contributed by atoms with Gasteiger partial charge in [0.15, 0.2) is 0 Å². The number of carbonyl (C=O) groups is 1. The van der Waals surface area contributed by atoms with Crippen LogP contribution in [0.1, 0.15) is 6.92 Å². The molecule has 0 aliphatic rings. The number of carboxylic acids is 1. The third-order valence-electron chi connectivity index (χ3n) is 1.92. The van der Waals surface area contributed by atoms with Gasteiger partial charge in [0.1, 0.15) is 5.75 Å². The lowest BCUT2D eigenvalue weighted by atomic mass is 10.2. The van der Waals surface area contributed by atoms with Crippen molar-refractivity contribution < 1.29 is 27.8 Å². The van der Waals surface area contributed by atoms with Gasteiger partial charge in [0.05, 0.1) is 5.57 Å². The average Bonchev–Trinajstić information content (AvgIpc) is 2.24. The number of allylic oxidation sites excluding steroid dienone is 1. The summed E-state index contributed by atoms with van der Waals surface area (Å²) in [5.74, 6) is -2.85. The summed E-state index contributed by atoms with van der Waals surface area (Å²) in [6.45, 7) is 0.659. The number of alkyl halides is 3. The molecule has 1 rings (SSSR count). The summed E-state index contributed by atoms with van der Waals surface area (Å²) < 4.78 is 41.8. The number of ether oxygens (including phenoxy) is 1. The minimum atomic E-state index is -4.73. The smallest absolute Gasteiger partial charge is 0.416 e. The molecule has 92 valence electrons. The Labute approximate surface area is 95.1 Å². The first-order chi connectivity index (χ1) is 7.82. The van der Waals surface area contributed by atoms with Gasteiger partial charge in [-0.25, -0.2) is 4.79 Å². The van der Waals surface area contributed by atoms with Crippen LogP contribution in [-0.2, 0) is 4.79 Å². The number of carboxylic acid groups (broad SMARTS) is 1. The fraction of sp³-hybridized carbons (Fsp3) is 0.182. The van der Waals surface area contributed by atoms with Gasteiger partial charge in [-0.2, -0.15) is 13.2 Å². The second-order valence-electron chi connectivity index (χ2n) is 3.17. The Morgan fingerprint density at radius 2 is 1.76 bits per heavy atom. The molecule has 0 radical (unpaired) electrons. The molecule has 1 aromatic carbocycles. The largest absolute Gasteiger partial charge is 0.475 e. The maximum absolute atomic E-state index is 12.4. The lowest BCUT2D eigenvalue weighted by Crippen LogP contribution is -2.19. The average molecular weight is 246 g/mol. The van der Waals surface area contributed by atoms with Crippen molar-refractivity contribution in [3.8, 4) is 5.75 Å². The molecule has 1 aromatic rings. The van der Waals surface area contributed by atoms with Crippen LogP contribution < -0.4 is 4.74 Å². The van der Waals surface area contributed by atoms with Crippen LogP contribution in [0.3, 0.4) is 0 Å². The Morgan fingerprint density at radius 1 is 1.24 bits per heavy atom. The zero-order chi connectivity index (χ0) is 13.1. The third-order valence-corrected chi connectivity index (χ3v) is 1.92. The lowest BCUT2D eigenvalue weighted by Gasteiger charge is -2.12. The predicted octanol–water partition coefficient (Wildman–Crippen LogP) is 2.99. The van der Waals surface area contributed by atoms with Crippen molar-refractivity contribution in [3.05, 3.63) is 41.7 Å². The Morgan fingerprint density at radius 3 is 2.18 bits per heavy atom. The molecule has 0 aliphatic heterocycles. The van der Waals surface area contributed by atoms with Crippen molar-refractivity contribution in [1.29, 1.82) is 0 Å². The van der Waals surface area contributed by atoms with E-state index in [-0.39, 0.29) is 5.75 Å². The van der Waals surface area contributed by atoms with E-state index in [0.717, 1.165) is 0 Å². The van der Waals surface area contributed by atoms with Crippen LogP contribution in [0.25, 0.3) is 0 Å². The summed E-state index contributed by atoms with van der Waals surface area (Å²) in [4.78, 5) is 10.7. The van der Waals surface area contributed by atoms with Gasteiger partial charge in [-0.05, 0) is 19.1 Å². The van der Waals surface area contributed by atoms with E-state index in [1.54, 1.807) is 6.07 Å². The second kappa shape index (κ2) is 4.90. The minimum absolute atomic E-state index is 0.0356. The molecule has 0 saturated carbocycles. The molecule has 1 N–H and O–H groups in total. The van der Waals surface area contributed by atoms with E-state index in [1.165, 1.54) is 24.3 Å². The number of halogens is 3. The standard InChI is InChI=1S/C11H9F3O3/c1-7(11(12,13)14)9(10(15)16)17-8-5-3-2-4-6-8/h2-6H,1H3,(H,15,16)/b9-7+. The molecule has 0 amide bonds. The van der Waals surface area contributed by atoms with E-state index in [1.807, 2.05) is 0 Å². The maximum atomic E-state index is 12.4. The molecule has 3 nitrogen and oxygen atoms in total. The number of hydrogen-bond donors (Lipinski definition) is 1. The van der Waals surface area contributed by atoms with Crippen LogP contribution in [0.4, 0.5) is 13.2 Å². The number of hydrogen-bond acceptors (Lipinski definition) is 2. The van der Waals surface area contributed by atoms with Crippen molar-refractivity contribution >= 4 is 5.97 Å². The number of rotatable bonds is 3. The van der Waals surface area contributed by atoms with Crippen molar-refractivity contribution in [1.82, 2.24) is 0 Å². The molecule has 17 heavy (non-hydrogen) atoms. The molecule has 0 spiro atoms. The number of para-hydroxylation sites is 1. The quantitative estimate of drug-likeness (QED) is 0.658. The van der Waals surface area contributed by atoms with Gasteiger partial charge in [0.2, 0.25) is 5.76 Å². The second-order valence-corrected chi connectivity index (χ2v) is 3.17. The molecule has 0 heterocycles.